The monoisotopic (exact) mass is 483 g/mol. The van der Waals surface area contributed by atoms with Gasteiger partial charge in [-0.2, -0.15) is 4.31 Å². The van der Waals surface area contributed by atoms with E-state index < -0.39 is 10.0 Å². The highest BCUT2D eigenvalue weighted by Gasteiger charge is 2.45. The third-order valence-electron chi connectivity index (χ3n) is 7.59. The molecule has 1 aliphatic carbocycles. The van der Waals surface area contributed by atoms with Gasteiger partial charge in [-0.1, -0.05) is 43.7 Å². The lowest BCUT2D eigenvalue weighted by atomic mass is 9.83. The molecule has 2 unspecified atom stereocenters. The summed E-state index contributed by atoms with van der Waals surface area (Å²) in [5, 5.41) is 0.404. The lowest BCUT2D eigenvalue weighted by Gasteiger charge is -2.54. The maximum absolute atomic E-state index is 13.9. The number of nitrogens with zero attached hydrogens (tertiary/aromatic N) is 3. The molecule has 180 valence electrons. The fourth-order valence-corrected chi connectivity index (χ4v) is 7.90. The molecular formula is C24H38ClN3O3S. The molecular weight excluding hydrogens is 446 g/mol. The Morgan fingerprint density at radius 1 is 1.09 bits per heavy atom. The minimum Gasteiger partial charge on any atom is -0.495 e. The van der Waals surface area contributed by atoms with Crippen LogP contribution in [-0.2, 0) is 10.0 Å². The van der Waals surface area contributed by atoms with E-state index >= 15 is 0 Å². The van der Waals surface area contributed by atoms with Crippen molar-refractivity contribution in [3.8, 4) is 5.75 Å². The third kappa shape index (κ3) is 4.97. The molecule has 8 heteroatoms. The summed E-state index contributed by atoms with van der Waals surface area (Å²) < 4.78 is 34.9. The minimum absolute atomic E-state index is 0.151. The molecule has 1 aromatic rings. The second-order valence-corrected chi connectivity index (χ2v) is 12.2. The van der Waals surface area contributed by atoms with E-state index in [4.69, 9.17) is 16.3 Å². The molecule has 6 nitrogen and oxygen atoms in total. The summed E-state index contributed by atoms with van der Waals surface area (Å²) in [4.78, 5) is 5.13. The van der Waals surface area contributed by atoms with Gasteiger partial charge in [0.1, 0.15) is 10.6 Å². The molecule has 2 heterocycles. The summed E-state index contributed by atoms with van der Waals surface area (Å²) in [5.74, 6) is 1.11. The van der Waals surface area contributed by atoms with Crippen LogP contribution >= 0.6 is 11.6 Å². The van der Waals surface area contributed by atoms with Gasteiger partial charge in [0.15, 0.2) is 0 Å². The normalized spacial score (nSPS) is 26.9. The molecule has 0 spiro atoms. The van der Waals surface area contributed by atoms with Crippen LogP contribution in [0, 0.1) is 5.92 Å². The average Bonchev–Trinajstić information content (AvgIpc) is 2.79. The van der Waals surface area contributed by atoms with Gasteiger partial charge in [0.05, 0.1) is 13.3 Å². The van der Waals surface area contributed by atoms with Gasteiger partial charge < -0.3 is 4.74 Å². The van der Waals surface area contributed by atoms with E-state index in [1.54, 1.807) is 16.4 Å². The standard InChI is InChI=1S/C24H38ClN3O3S/c1-18(2)26-16-21(14-19-8-5-4-6-9-19)27-12-7-13-28(24(27)17-26)32(29,30)23-15-20(25)10-11-22(23)31-3/h10-11,15,18-19,21,24H,4-9,12-14,16-17H2,1-3H3. The lowest BCUT2D eigenvalue weighted by molar-refractivity contribution is -0.0640. The zero-order chi connectivity index (χ0) is 22.9. The van der Waals surface area contributed by atoms with E-state index in [0.29, 0.717) is 29.4 Å². The summed E-state index contributed by atoms with van der Waals surface area (Å²) >= 11 is 6.20. The SMILES string of the molecule is COc1ccc(Cl)cc1S(=O)(=O)N1CCCN2C(CC3CCCCC3)CN(C(C)C)CC21. The van der Waals surface area contributed by atoms with Gasteiger partial charge in [-0.05, 0) is 50.8 Å². The number of hydrogen-bond acceptors (Lipinski definition) is 5. The van der Waals surface area contributed by atoms with Crippen LogP contribution in [0.5, 0.6) is 5.75 Å². The van der Waals surface area contributed by atoms with Crippen molar-refractivity contribution >= 4 is 21.6 Å². The van der Waals surface area contributed by atoms with Gasteiger partial charge in [-0.3, -0.25) is 9.80 Å². The summed E-state index contributed by atoms with van der Waals surface area (Å²) in [6, 6.07) is 5.63. The molecule has 0 bridgehead atoms. The van der Waals surface area contributed by atoms with Crippen molar-refractivity contribution in [3.05, 3.63) is 23.2 Å². The molecule has 0 aromatic heterocycles. The van der Waals surface area contributed by atoms with Gasteiger partial charge in [0.2, 0.25) is 10.0 Å². The first-order valence-corrected chi connectivity index (χ1v) is 14.0. The van der Waals surface area contributed by atoms with Crippen LogP contribution in [-0.4, -0.2) is 74.1 Å². The van der Waals surface area contributed by atoms with E-state index in [2.05, 4.69) is 23.6 Å². The van der Waals surface area contributed by atoms with Crippen molar-refractivity contribution in [2.75, 3.05) is 33.3 Å². The zero-order valence-corrected chi connectivity index (χ0v) is 21.2. The number of fused-ring (bicyclic) bond motifs is 1. The highest BCUT2D eigenvalue weighted by Crippen LogP contribution is 2.37. The first-order valence-electron chi connectivity index (χ1n) is 12.2. The van der Waals surface area contributed by atoms with E-state index in [9.17, 15) is 8.42 Å². The fourth-order valence-electron chi connectivity index (χ4n) is 5.85. The van der Waals surface area contributed by atoms with Crippen LogP contribution in [0.4, 0.5) is 0 Å². The third-order valence-corrected chi connectivity index (χ3v) is 9.75. The first kappa shape index (κ1) is 24.3. The molecule has 1 saturated carbocycles. The number of sulfonamides is 1. The van der Waals surface area contributed by atoms with Crippen LogP contribution in [0.2, 0.25) is 5.02 Å². The van der Waals surface area contributed by atoms with Crippen molar-refractivity contribution in [2.45, 2.75) is 81.9 Å². The summed E-state index contributed by atoms with van der Waals surface area (Å²) in [6.07, 6.45) is 8.54. The molecule has 3 aliphatic rings. The van der Waals surface area contributed by atoms with Crippen molar-refractivity contribution in [1.29, 1.82) is 0 Å². The number of ether oxygens (including phenoxy) is 1. The molecule has 2 saturated heterocycles. The minimum atomic E-state index is -3.75. The van der Waals surface area contributed by atoms with Gasteiger partial charge in [-0.15, -0.1) is 0 Å². The van der Waals surface area contributed by atoms with Gasteiger partial charge in [0, 0.05) is 43.3 Å². The second-order valence-electron chi connectivity index (χ2n) is 9.92. The first-order chi connectivity index (χ1) is 15.3. The van der Waals surface area contributed by atoms with Gasteiger partial charge in [0.25, 0.3) is 0 Å². The van der Waals surface area contributed by atoms with Crippen LogP contribution in [0.1, 0.15) is 58.8 Å². The van der Waals surface area contributed by atoms with Crippen molar-refractivity contribution in [2.24, 2.45) is 5.92 Å². The number of piperazine rings is 1. The zero-order valence-electron chi connectivity index (χ0n) is 19.7. The Bertz CT molecular complexity index is 888. The topological polar surface area (TPSA) is 53.1 Å². The Hall–Kier alpha value is -0.860. The molecule has 3 fully saturated rings. The van der Waals surface area contributed by atoms with E-state index in [1.807, 2.05) is 0 Å². The Morgan fingerprint density at radius 3 is 2.53 bits per heavy atom. The Kier molecular flexibility index (Phi) is 7.72. The average molecular weight is 484 g/mol. The predicted octanol–water partition coefficient (Wildman–Crippen LogP) is 4.43. The van der Waals surface area contributed by atoms with E-state index in [0.717, 1.165) is 32.0 Å². The van der Waals surface area contributed by atoms with E-state index in [-0.39, 0.29) is 11.1 Å². The summed E-state index contributed by atoms with van der Waals surface area (Å²) in [6.45, 7) is 7.69. The summed E-state index contributed by atoms with van der Waals surface area (Å²) in [5.41, 5.74) is 0. The van der Waals surface area contributed by atoms with Gasteiger partial charge >= 0.3 is 0 Å². The molecule has 0 amide bonds. The largest absolute Gasteiger partial charge is 0.495 e. The Morgan fingerprint density at radius 2 is 1.84 bits per heavy atom. The van der Waals surface area contributed by atoms with Crippen molar-refractivity contribution in [3.63, 3.8) is 0 Å². The number of methoxy groups -OCH3 is 1. The molecule has 1 aromatic carbocycles. The lowest BCUT2D eigenvalue weighted by Crippen LogP contribution is -2.68. The number of hydrogen-bond donors (Lipinski definition) is 0. The maximum Gasteiger partial charge on any atom is 0.248 e. The Balaban J connectivity index is 1.65. The van der Waals surface area contributed by atoms with Crippen LogP contribution in [0.25, 0.3) is 0 Å². The van der Waals surface area contributed by atoms with Crippen LogP contribution in [0.3, 0.4) is 0 Å². The molecule has 4 rings (SSSR count). The van der Waals surface area contributed by atoms with E-state index in [1.165, 1.54) is 51.7 Å². The highest BCUT2D eigenvalue weighted by molar-refractivity contribution is 7.89. The number of halogens is 1. The quantitative estimate of drug-likeness (QED) is 0.599. The molecule has 0 radical (unpaired) electrons. The molecule has 32 heavy (non-hydrogen) atoms. The van der Waals surface area contributed by atoms with Crippen LogP contribution in [0.15, 0.2) is 23.1 Å². The second kappa shape index (κ2) is 10.2. The number of rotatable bonds is 6. The van der Waals surface area contributed by atoms with Crippen molar-refractivity contribution in [1.82, 2.24) is 14.1 Å². The predicted molar refractivity (Wildman–Crippen MR) is 129 cm³/mol. The maximum atomic E-state index is 13.9. The molecule has 2 aliphatic heterocycles. The fraction of sp³-hybridized carbons (Fsp3) is 0.750. The molecule has 2 atom stereocenters. The van der Waals surface area contributed by atoms with Crippen molar-refractivity contribution < 1.29 is 13.2 Å². The van der Waals surface area contributed by atoms with Gasteiger partial charge in [-0.25, -0.2) is 8.42 Å². The van der Waals surface area contributed by atoms with Crippen LogP contribution < -0.4 is 4.74 Å². The smallest absolute Gasteiger partial charge is 0.248 e. The Labute approximate surface area is 198 Å². The molecule has 0 N–H and O–H groups in total. The summed E-state index contributed by atoms with van der Waals surface area (Å²) in [7, 11) is -2.24. The highest BCUT2D eigenvalue weighted by atomic mass is 35.5. The number of benzene rings is 1.